The highest BCUT2D eigenvalue weighted by atomic mass is 32.1. The molecule has 1 aromatic heterocycles. The van der Waals surface area contributed by atoms with E-state index in [0.717, 1.165) is 10.9 Å². The van der Waals surface area contributed by atoms with E-state index in [4.69, 9.17) is 18.0 Å². The average molecular weight is 302 g/mol. The molecule has 0 radical (unpaired) electrons. The Morgan fingerprint density at radius 2 is 2.14 bits per heavy atom. The number of para-hydroxylation sites is 1. The molecule has 0 aliphatic heterocycles. The van der Waals surface area contributed by atoms with Crippen LogP contribution in [0.4, 0.5) is 5.82 Å². The number of aromatic nitrogens is 1. The fourth-order valence-electron chi connectivity index (χ4n) is 2.12. The van der Waals surface area contributed by atoms with Gasteiger partial charge in [0.15, 0.2) is 0 Å². The van der Waals surface area contributed by atoms with Gasteiger partial charge in [-0.15, -0.1) is 0 Å². The van der Waals surface area contributed by atoms with Gasteiger partial charge in [-0.2, -0.15) is 0 Å². The standard InChI is InChI=1S/C15H18N4OS/c1-3-17-13(20)9-19(2)15-11(14(16)21)8-10-6-4-5-7-12(10)18-15/h4-8H,3,9H2,1-2H3,(H2,16,21)(H,17,20). The van der Waals surface area contributed by atoms with Crippen LogP contribution in [0, 0.1) is 0 Å². The number of carbonyl (C=O) groups is 1. The molecule has 1 heterocycles. The van der Waals surface area contributed by atoms with E-state index in [1.54, 1.807) is 11.9 Å². The van der Waals surface area contributed by atoms with E-state index in [1.807, 2.05) is 37.3 Å². The van der Waals surface area contributed by atoms with E-state index in [-0.39, 0.29) is 17.4 Å². The number of carbonyl (C=O) groups excluding carboxylic acids is 1. The van der Waals surface area contributed by atoms with Crippen LogP contribution in [0.2, 0.25) is 0 Å². The molecule has 6 heteroatoms. The zero-order valence-corrected chi connectivity index (χ0v) is 12.9. The third kappa shape index (κ3) is 3.46. The van der Waals surface area contributed by atoms with Crippen LogP contribution < -0.4 is 16.0 Å². The molecule has 0 saturated carbocycles. The molecular weight excluding hydrogens is 284 g/mol. The molecule has 1 aromatic carbocycles. The summed E-state index contributed by atoms with van der Waals surface area (Å²) in [6.45, 7) is 2.68. The Kier molecular flexibility index (Phi) is 4.70. The first-order chi connectivity index (χ1) is 10.0. The summed E-state index contributed by atoms with van der Waals surface area (Å²) >= 11 is 5.11. The van der Waals surface area contributed by atoms with Gasteiger partial charge in [0.05, 0.1) is 17.6 Å². The van der Waals surface area contributed by atoms with Crippen LogP contribution in [0.25, 0.3) is 10.9 Å². The van der Waals surface area contributed by atoms with E-state index in [0.29, 0.717) is 17.9 Å². The number of pyridine rings is 1. The van der Waals surface area contributed by atoms with Gasteiger partial charge in [-0.25, -0.2) is 4.98 Å². The Morgan fingerprint density at radius 1 is 1.43 bits per heavy atom. The van der Waals surface area contributed by atoms with E-state index in [1.165, 1.54) is 0 Å². The first-order valence-electron chi connectivity index (χ1n) is 6.70. The van der Waals surface area contributed by atoms with Crippen molar-refractivity contribution in [2.75, 3.05) is 25.0 Å². The minimum Gasteiger partial charge on any atom is -0.389 e. The number of likely N-dealkylation sites (N-methyl/N-ethyl adjacent to an activating group) is 2. The lowest BCUT2D eigenvalue weighted by molar-refractivity contribution is -0.119. The molecule has 1 amide bonds. The summed E-state index contributed by atoms with van der Waals surface area (Å²) in [4.78, 5) is 18.3. The van der Waals surface area contributed by atoms with Crippen molar-refractivity contribution in [2.24, 2.45) is 5.73 Å². The molecule has 0 unspecified atom stereocenters. The quantitative estimate of drug-likeness (QED) is 0.818. The number of benzene rings is 1. The molecule has 0 saturated heterocycles. The predicted molar refractivity (Wildman–Crippen MR) is 89.6 cm³/mol. The number of hydrogen-bond donors (Lipinski definition) is 2. The highest BCUT2D eigenvalue weighted by Gasteiger charge is 2.15. The van der Waals surface area contributed by atoms with Gasteiger partial charge in [0, 0.05) is 19.0 Å². The summed E-state index contributed by atoms with van der Waals surface area (Å²) in [5.74, 6) is 0.552. The highest BCUT2D eigenvalue weighted by molar-refractivity contribution is 7.80. The number of anilines is 1. The second kappa shape index (κ2) is 6.49. The second-order valence-electron chi connectivity index (χ2n) is 4.73. The fourth-order valence-corrected chi connectivity index (χ4v) is 2.27. The number of thiocarbonyl (C=S) groups is 1. The molecule has 0 aliphatic rings. The fraction of sp³-hybridized carbons (Fsp3) is 0.267. The molecular formula is C15H18N4OS. The van der Waals surface area contributed by atoms with Crippen molar-refractivity contribution in [3.8, 4) is 0 Å². The third-order valence-corrected chi connectivity index (χ3v) is 3.31. The molecule has 0 atom stereocenters. The Labute approximate surface area is 129 Å². The smallest absolute Gasteiger partial charge is 0.239 e. The van der Waals surface area contributed by atoms with Gasteiger partial charge >= 0.3 is 0 Å². The van der Waals surface area contributed by atoms with Gasteiger partial charge in [0.1, 0.15) is 10.8 Å². The van der Waals surface area contributed by atoms with Gasteiger partial charge < -0.3 is 16.0 Å². The molecule has 21 heavy (non-hydrogen) atoms. The lowest BCUT2D eigenvalue weighted by atomic mass is 10.1. The first-order valence-corrected chi connectivity index (χ1v) is 7.11. The Hall–Kier alpha value is -2.21. The minimum atomic E-state index is -0.0659. The van der Waals surface area contributed by atoms with Crippen molar-refractivity contribution in [3.63, 3.8) is 0 Å². The SMILES string of the molecule is CCNC(=O)CN(C)c1nc2ccccc2cc1C(N)=S. The van der Waals surface area contributed by atoms with Crippen molar-refractivity contribution >= 4 is 39.8 Å². The van der Waals surface area contributed by atoms with E-state index in [9.17, 15) is 4.79 Å². The number of rotatable bonds is 5. The molecule has 0 aliphatic carbocycles. The molecule has 2 aromatic rings. The summed E-state index contributed by atoms with van der Waals surface area (Å²) in [5, 5.41) is 3.73. The summed E-state index contributed by atoms with van der Waals surface area (Å²) in [6.07, 6.45) is 0. The van der Waals surface area contributed by atoms with E-state index in [2.05, 4.69) is 10.3 Å². The number of hydrogen-bond acceptors (Lipinski definition) is 4. The number of nitrogens with one attached hydrogen (secondary N) is 1. The topological polar surface area (TPSA) is 71.2 Å². The molecule has 2 rings (SSSR count). The molecule has 3 N–H and O–H groups in total. The molecule has 5 nitrogen and oxygen atoms in total. The summed E-state index contributed by atoms with van der Waals surface area (Å²) < 4.78 is 0. The Balaban J connectivity index is 2.42. The lowest BCUT2D eigenvalue weighted by Gasteiger charge is -2.21. The monoisotopic (exact) mass is 302 g/mol. The maximum absolute atomic E-state index is 11.7. The maximum atomic E-state index is 11.7. The van der Waals surface area contributed by atoms with E-state index < -0.39 is 0 Å². The Bertz CT molecular complexity index is 686. The molecule has 110 valence electrons. The Morgan fingerprint density at radius 3 is 2.81 bits per heavy atom. The van der Waals surface area contributed by atoms with E-state index >= 15 is 0 Å². The summed E-state index contributed by atoms with van der Waals surface area (Å²) in [7, 11) is 1.80. The third-order valence-electron chi connectivity index (χ3n) is 3.09. The van der Waals surface area contributed by atoms with Gasteiger partial charge in [-0.1, -0.05) is 30.4 Å². The minimum absolute atomic E-state index is 0.0659. The molecule has 0 fully saturated rings. The molecule has 0 bridgehead atoms. The van der Waals surface area contributed by atoms with Crippen molar-refractivity contribution in [2.45, 2.75) is 6.92 Å². The summed E-state index contributed by atoms with van der Waals surface area (Å²) in [5.41, 5.74) is 7.32. The number of nitrogens with zero attached hydrogens (tertiary/aromatic N) is 2. The normalized spacial score (nSPS) is 10.4. The predicted octanol–water partition coefficient (Wildman–Crippen LogP) is 1.44. The number of nitrogens with two attached hydrogens (primary N) is 1. The van der Waals surface area contributed by atoms with Crippen molar-refractivity contribution in [1.82, 2.24) is 10.3 Å². The van der Waals surface area contributed by atoms with Gasteiger partial charge in [0.25, 0.3) is 0 Å². The van der Waals surface area contributed by atoms with Crippen LogP contribution in [0.5, 0.6) is 0 Å². The molecule has 0 spiro atoms. The van der Waals surface area contributed by atoms with Crippen LogP contribution in [-0.2, 0) is 4.79 Å². The summed E-state index contributed by atoms with van der Waals surface area (Å²) in [6, 6.07) is 9.64. The van der Waals surface area contributed by atoms with Crippen LogP contribution >= 0.6 is 12.2 Å². The highest BCUT2D eigenvalue weighted by Crippen LogP contribution is 2.22. The van der Waals surface area contributed by atoms with Gasteiger partial charge in [0.2, 0.25) is 5.91 Å². The van der Waals surface area contributed by atoms with Crippen molar-refractivity contribution in [3.05, 3.63) is 35.9 Å². The van der Waals surface area contributed by atoms with Gasteiger partial charge in [-0.3, -0.25) is 4.79 Å². The lowest BCUT2D eigenvalue weighted by Crippen LogP contribution is -2.36. The van der Waals surface area contributed by atoms with Crippen LogP contribution in [-0.4, -0.2) is 36.0 Å². The van der Waals surface area contributed by atoms with Crippen LogP contribution in [0.3, 0.4) is 0 Å². The largest absolute Gasteiger partial charge is 0.389 e. The van der Waals surface area contributed by atoms with Crippen molar-refractivity contribution < 1.29 is 4.79 Å². The average Bonchev–Trinajstić information content (AvgIpc) is 2.45. The zero-order valence-electron chi connectivity index (χ0n) is 12.1. The second-order valence-corrected chi connectivity index (χ2v) is 5.17. The maximum Gasteiger partial charge on any atom is 0.239 e. The number of amides is 1. The van der Waals surface area contributed by atoms with Crippen LogP contribution in [0.15, 0.2) is 30.3 Å². The zero-order chi connectivity index (χ0) is 15.4. The first kappa shape index (κ1) is 15.2. The number of fused-ring (bicyclic) bond motifs is 1. The van der Waals surface area contributed by atoms with Crippen molar-refractivity contribution in [1.29, 1.82) is 0 Å². The van der Waals surface area contributed by atoms with Crippen LogP contribution in [0.1, 0.15) is 12.5 Å². The van der Waals surface area contributed by atoms with Gasteiger partial charge in [-0.05, 0) is 19.1 Å².